The summed E-state index contributed by atoms with van der Waals surface area (Å²) in [7, 11) is 3.27. The molecule has 1 N–H and O–H groups in total. The lowest BCUT2D eigenvalue weighted by Crippen LogP contribution is -2.29. The predicted molar refractivity (Wildman–Crippen MR) is 122 cm³/mol. The van der Waals surface area contributed by atoms with Gasteiger partial charge in [0.15, 0.2) is 5.78 Å². The number of fused-ring (bicyclic) bond motifs is 1. The van der Waals surface area contributed by atoms with Crippen LogP contribution in [0.5, 0.6) is 11.5 Å². The van der Waals surface area contributed by atoms with E-state index in [0.29, 0.717) is 23.7 Å². The van der Waals surface area contributed by atoms with Gasteiger partial charge in [0, 0.05) is 40.1 Å². The smallest absolute Gasteiger partial charge is 0.233 e. The molecule has 1 aromatic heterocycles. The van der Waals surface area contributed by atoms with E-state index >= 15 is 0 Å². The van der Waals surface area contributed by atoms with Gasteiger partial charge in [-0.3, -0.25) is 4.79 Å². The molecule has 3 aromatic rings. The Labute approximate surface area is 191 Å². The topological polar surface area (TPSA) is 73.6 Å². The van der Waals surface area contributed by atoms with Crippen LogP contribution in [0.25, 0.3) is 0 Å². The first-order valence-electron chi connectivity index (χ1n) is 10.5. The summed E-state index contributed by atoms with van der Waals surface area (Å²) in [4.78, 5) is 13.6. The number of hydrogen-bond acceptors (Lipinski definition) is 6. The number of aromatic nitrogens is 1. The summed E-state index contributed by atoms with van der Waals surface area (Å²) in [5.41, 5.74) is 5.15. The van der Waals surface area contributed by atoms with Crippen molar-refractivity contribution in [2.75, 3.05) is 19.5 Å². The minimum Gasteiger partial charge on any atom is -0.497 e. The maximum atomic E-state index is 13.6. The second kappa shape index (κ2) is 8.02. The van der Waals surface area contributed by atoms with Crippen LogP contribution in [0, 0.1) is 6.92 Å². The van der Waals surface area contributed by atoms with Crippen LogP contribution >= 0.6 is 11.6 Å². The molecule has 7 heteroatoms. The van der Waals surface area contributed by atoms with Crippen LogP contribution in [0.2, 0.25) is 5.02 Å². The first kappa shape index (κ1) is 20.6. The SMILES string of the molecule is COc1ccc(OC)c(C2CC(=O)C3=C(C2)Nc2onc(C)c2C3c2cccc(Cl)c2)c1. The van der Waals surface area contributed by atoms with Crippen LogP contribution in [0.4, 0.5) is 5.88 Å². The molecular formula is C25H23ClN2O4. The molecule has 0 saturated carbocycles. The monoisotopic (exact) mass is 450 g/mol. The molecular weight excluding hydrogens is 428 g/mol. The number of ketones is 1. The van der Waals surface area contributed by atoms with E-state index in [9.17, 15) is 4.79 Å². The first-order chi connectivity index (χ1) is 15.5. The third kappa shape index (κ3) is 3.35. The van der Waals surface area contributed by atoms with Gasteiger partial charge in [-0.25, -0.2) is 0 Å². The van der Waals surface area contributed by atoms with E-state index in [2.05, 4.69) is 10.5 Å². The molecule has 1 aliphatic carbocycles. The zero-order chi connectivity index (χ0) is 22.4. The number of carbonyl (C=O) groups excluding carboxylic acids is 1. The fourth-order valence-corrected chi connectivity index (χ4v) is 5.07. The van der Waals surface area contributed by atoms with Gasteiger partial charge in [-0.2, -0.15) is 0 Å². The van der Waals surface area contributed by atoms with Gasteiger partial charge in [-0.15, -0.1) is 0 Å². The average molecular weight is 451 g/mol. The van der Waals surface area contributed by atoms with Gasteiger partial charge in [0.1, 0.15) is 11.5 Å². The molecule has 2 unspecified atom stereocenters. The van der Waals surface area contributed by atoms with Crippen molar-refractivity contribution < 1.29 is 18.8 Å². The van der Waals surface area contributed by atoms with Gasteiger partial charge in [-0.1, -0.05) is 28.9 Å². The standard InChI is InChI=1S/C25H23ClN2O4/c1-13-22-23(14-5-4-6-16(26)9-14)24-19(27-25(22)32-28-13)10-15(11-20(24)29)18-12-17(30-2)7-8-21(18)31-3/h4-9,12,15,23,27H,10-11H2,1-3H3. The largest absolute Gasteiger partial charge is 0.497 e. The number of methoxy groups -OCH3 is 2. The summed E-state index contributed by atoms with van der Waals surface area (Å²) in [6.07, 6.45) is 1.02. The number of hydrogen-bond donors (Lipinski definition) is 1. The normalized spacial score (nSPS) is 19.8. The second-order valence-electron chi connectivity index (χ2n) is 8.15. The van der Waals surface area contributed by atoms with Gasteiger partial charge in [0.2, 0.25) is 5.88 Å². The molecule has 0 saturated heterocycles. The van der Waals surface area contributed by atoms with Gasteiger partial charge in [-0.05, 0) is 49.2 Å². The van der Waals surface area contributed by atoms with E-state index in [-0.39, 0.29) is 17.6 Å². The number of Topliss-reactive ketones (excluding diaryl/α,β-unsaturated/α-hetero) is 1. The molecule has 32 heavy (non-hydrogen) atoms. The third-order valence-electron chi connectivity index (χ3n) is 6.32. The highest BCUT2D eigenvalue weighted by Gasteiger charge is 2.41. The minimum absolute atomic E-state index is 0.0515. The van der Waals surface area contributed by atoms with Crippen molar-refractivity contribution in [2.45, 2.75) is 31.6 Å². The molecule has 0 spiro atoms. The molecule has 6 nitrogen and oxygen atoms in total. The zero-order valence-electron chi connectivity index (χ0n) is 18.1. The highest BCUT2D eigenvalue weighted by atomic mass is 35.5. The summed E-state index contributed by atoms with van der Waals surface area (Å²) in [5.74, 6) is 1.82. The Balaban J connectivity index is 1.62. The van der Waals surface area contributed by atoms with Gasteiger partial charge in [0.05, 0.1) is 25.5 Å². The quantitative estimate of drug-likeness (QED) is 0.556. The van der Waals surface area contributed by atoms with E-state index in [1.165, 1.54) is 0 Å². The van der Waals surface area contributed by atoms with E-state index in [0.717, 1.165) is 45.2 Å². The zero-order valence-corrected chi connectivity index (χ0v) is 18.8. The Morgan fingerprint density at radius 2 is 1.97 bits per heavy atom. The van der Waals surface area contributed by atoms with E-state index in [1.807, 2.05) is 49.4 Å². The van der Waals surface area contributed by atoms with E-state index in [1.54, 1.807) is 14.2 Å². The molecule has 164 valence electrons. The summed E-state index contributed by atoms with van der Waals surface area (Å²) >= 11 is 6.30. The van der Waals surface area contributed by atoms with Crippen molar-refractivity contribution in [1.82, 2.24) is 5.16 Å². The van der Waals surface area contributed by atoms with Crippen molar-refractivity contribution in [3.8, 4) is 11.5 Å². The lowest BCUT2D eigenvalue weighted by atomic mass is 9.72. The number of allylic oxidation sites excluding steroid dienone is 2. The summed E-state index contributed by atoms with van der Waals surface area (Å²) < 4.78 is 16.6. The van der Waals surface area contributed by atoms with Crippen molar-refractivity contribution in [3.05, 3.63) is 81.1 Å². The highest BCUT2D eigenvalue weighted by Crippen LogP contribution is 2.50. The number of ether oxygens (including phenoxy) is 2. The van der Waals surface area contributed by atoms with Crippen LogP contribution in [-0.4, -0.2) is 25.2 Å². The van der Waals surface area contributed by atoms with Gasteiger partial charge in [0.25, 0.3) is 0 Å². The molecule has 0 radical (unpaired) electrons. The molecule has 1 aliphatic heterocycles. The lowest BCUT2D eigenvalue weighted by Gasteiger charge is -2.35. The number of anilines is 1. The molecule has 2 atom stereocenters. The third-order valence-corrected chi connectivity index (χ3v) is 6.55. The number of nitrogens with zero attached hydrogens (tertiary/aromatic N) is 1. The van der Waals surface area contributed by atoms with E-state index < -0.39 is 0 Å². The fourth-order valence-electron chi connectivity index (χ4n) is 4.87. The Hall–Kier alpha value is -3.25. The molecule has 0 bridgehead atoms. The summed E-state index contributed by atoms with van der Waals surface area (Å²) in [6.45, 7) is 1.89. The minimum atomic E-state index is -0.271. The Morgan fingerprint density at radius 3 is 2.72 bits per heavy atom. The molecule has 0 amide bonds. The van der Waals surface area contributed by atoms with Gasteiger partial charge >= 0.3 is 0 Å². The van der Waals surface area contributed by atoms with Crippen molar-refractivity contribution >= 4 is 23.3 Å². The average Bonchev–Trinajstić information content (AvgIpc) is 3.17. The number of benzene rings is 2. The van der Waals surface area contributed by atoms with Crippen LogP contribution in [0.3, 0.4) is 0 Å². The fraction of sp³-hybridized carbons (Fsp3) is 0.280. The maximum absolute atomic E-state index is 13.6. The van der Waals surface area contributed by atoms with Crippen molar-refractivity contribution in [1.29, 1.82) is 0 Å². The molecule has 2 aromatic carbocycles. The van der Waals surface area contributed by atoms with E-state index in [4.69, 9.17) is 25.6 Å². The molecule has 2 heterocycles. The first-order valence-corrected chi connectivity index (χ1v) is 10.8. The number of nitrogens with one attached hydrogen (secondary N) is 1. The number of rotatable bonds is 4. The van der Waals surface area contributed by atoms with Crippen LogP contribution in [-0.2, 0) is 4.79 Å². The van der Waals surface area contributed by atoms with Gasteiger partial charge < -0.3 is 19.3 Å². The van der Waals surface area contributed by atoms with Crippen molar-refractivity contribution in [2.24, 2.45) is 0 Å². The number of halogens is 1. The summed E-state index contributed by atoms with van der Waals surface area (Å²) in [5, 5.41) is 8.14. The van der Waals surface area contributed by atoms with Crippen molar-refractivity contribution in [3.63, 3.8) is 0 Å². The van der Waals surface area contributed by atoms with Crippen LogP contribution < -0.4 is 14.8 Å². The lowest BCUT2D eigenvalue weighted by molar-refractivity contribution is -0.116. The Kier molecular flexibility index (Phi) is 5.18. The maximum Gasteiger partial charge on any atom is 0.233 e. The number of carbonyl (C=O) groups is 1. The molecule has 5 rings (SSSR count). The second-order valence-corrected chi connectivity index (χ2v) is 8.59. The molecule has 0 fully saturated rings. The number of aryl methyl sites for hydroxylation is 1. The summed E-state index contributed by atoms with van der Waals surface area (Å²) in [6, 6.07) is 13.3. The highest BCUT2D eigenvalue weighted by molar-refractivity contribution is 6.30. The predicted octanol–water partition coefficient (Wildman–Crippen LogP) is 5.61. The van der Waals surface area contributed by atoms with Crippen LogP contribution in [0.1, 0.15) is 47.1 Å². The van der Waals surface area contributed by atoms with Crippen LogP contribution in [0.15, 0.2) is 58.3 Å². The molecule has 2 aliphatic rings. The Bertz CT molecular complexity index is 1250. The Morgan fingerprint density at radius 1 is 1.12 bits per heavy atom.